The first-order chi connectivity index (χ1) is 14.2. The molecule has 3 rings (SSSR count). The molecule has 0 amide bonds. The van der Waals surface area contributed by atoms with Crippen molar-refractivity contribution < 1.29 is 4.42 Å². The van der Waals surface area contributed by atoms with E-state index < -0.39 is 0 Å². The van der Waals surface area contributed by atoms with Crippen molar-refractivity contribution in [3.63, 3.8) is 0 Å². The van der Waals surface area contributed by atoms with Gasteiger partial charge in [0.2, 0.25) is 0 Å². The van der Waals surface area contributed by atoms with Crippen LogP contribution in [0.4, 0.5) is 0 Å². The Morgan fingerprint density at radius 3 is 2.69 bits per heavy atom. The average molecular weight is 395 g/mol. The molecule has 0 aliphatic rings. The summed E-state index contributed by atoms with van der Waals surface area (Å²) in [4.78, 5) is 4.69. The molecule has 2 aromatic heterocycles. The molecule has 2 heterocycles. The van der Waals surface area contributed by atoms with Crippen molar-refractivity contribution >= 4 is 5.96 Å². The molecule has 0 aliphatic carbocycles. The van der Waals surface area contributed by atoms with Gasteiger partial charge in [-0.1, -0.05) is 38.1 Å². The van der Waals surface area contributed by atoms with E-state index in [1.807, 2.05) is 12.1 Å². The van der Waals surface area contributed by atoms with Gasteiger partial charge in [0.15, 0.2) is 5.96 Å². The minimum Gasteiger partial charge on any atom is -0.467 e. The summed E-state index contributed by atoms with van der Waals surface area (Å²) in [6, 6.07) is 12.6. The maximum atomic E-state index is 5.41. The lowest BCUT2D eigenvalue weighted by Gasteiger charge is -2.19. The number of aliphatic imine (C=N–C) groups is 1. The van der Waals surface area contributed by atoms with Crippen LogP contribution in [0.1, 0.15) is 49.5 Å². The van der Waals surface area contributed by atoms with Gasteiger partial charge in [0, 0.05) is 19.5 Å². The van der Waals surface area contributed by atoms with Crippen molar-refractivity contribution in [2.24, 2.45) is 4.99 Å². The second-order valence-electron chi connectivity index (χ2n) is 6.93. The van der Waals surface area contributed by atoms with E-state index in [9.17, 15) is 0 Å². The first-order valence-corrected chi connectivity index (χ1v) is 10.2. The van der Waals surface area contributed by atoms with Gasteiger partial charge in [-0.3, -0.25) is 0 Å². The molecule has 0 radical (unpaired) electrons. The van der Waals surface area contributed by atoms with Crippen molar-refractivity contribution in [3.8, 4) is 0 Å². The summed E-state index contributed by atoms with van der Waals surface area (Å²) in [7, 11) is 0. The van der Waals surface area contributed by atoms with Gasteiger partial charge < -0.3 is 19.6 Å². The summed E-state index contributed by atoms with van der Waals surface area (Å²) in [5.41, 5.74) is 2.56. The van der Waals surface area contributed by atoms with Crippen molar-refractivity contribution in [2.75, 3.05) is 6.54 Å². The van der Waals surface area contributed by atoms with Crippen LogP contribution in [0.25, 0.3) is 0 Å². The molecule has 7 nitrogen and oxygen atoms in total. The van der Waals surface area contributed by atoms with Crippen LogP contribution in [0.5, 0.6) is 0 Å². The number of benzene rings is 1. The van der Waals surface area contributed by atoms with E-state index in [0.29, 0.717) is 6.54 Å². The van der Waals surface area contributed by atoms with Gasteiger partial charge in [-0.25, -0.2) is 4.99 Å². The number of hydrogen-bond acceptors (Lipinski definition) is 4. The topological polar surface area (TPSA) is 80.3 Å². The predicted molar refractivity (Wildman–Crippen MR) is 115 cm³/mol. The highest BCUT2D eigenvalue weighted by Gasteiger charge is 2.09. The molecule has 1 atom stereocenters. The van der Waals surface area contributed by atoms with Crippen molar-refractivity contribution in [1.82, 2.24) is 25.4 Å². The van der Waals surface area contributed by atoms with Crippen LogP contribution in [0.2, 0.25) is 0 Å². The Hall–Kier alpha value is -3.09. The molecule has 0 bridgehead atoms. The highest BCUT2D eigenvalue weighted by atomic mass is 16.3. The third-order valence-electron chi connectivity index (χ3n) is 4.87. The van der Waals surface area contributed by atoms with Gasteiger partial charge in [0.05, 0.1) is 12.3 Å². The van der Waals surface area contributed by atoms with Crippen LogP contribution in [0.15, 0.2) is 58.4 Å². The van der Waals surface area contributed by atoms with Crippen molar-refractivity contribution in [1.29, 1.82) is 0 Å². The fourth-order valence-corrected chi connectivity index (χ4v) is 3.08. The zero-order valence-electron chi connectivity index (χ0n) is 17.4. The summed E-state index contributed by atoms with van der Waals surface area (Å²) in [6.07, 6.45) is 5.35. The van der Waals surface area contributed by atoms with Gasteiger partial charge >= 0.3 is 0 Å². The molecule has 3 aromatic rings. The smallest absolute Gasteiger partial charge is 0.192 e. The Bertz CT molecular complexity index is 882. The lowest BCUT2D eigenvalue weighted by atomic mass is 10.1. The number of guanidine groups is 1. The van der Waals surface area contributed by atoms with Gasteiger partial charge in [-0.2, -0.15) is 0 Å². The standard InChI is InChI=1S/C22H30N6O/c1-4-18-8-10-19(11-9-18)17(3)26-22(24-15-20-7-6-14-29-20)23-12-13-28-16-25-27-21(28)5-2/h6-11,14,16-17H,4-5,12-13,15H2,1-3H3,(H2,23,24,26). The van der Waals surface area contributed by atoms with E-state index in [1.54, 1.807) is 12.6 Å². The third kappa shape index (κ3) is 5.94. The maximum absolute atomic E-state index is 5.41. The number of nitrogens with one attached hydrogen (secondary N) is 2. The first-order valence-electron chi connectivity index (χ1n) is 10.2. The van der Waals surface area contributed by atoms with Crippen LogP contribution in [0.3, 0.4) is 0 Å². The summed E-state index contributed by atoms with van der Waals surface area (Å²) < 4.78 is 7.47. The van der Waals surface area contributed by atoms with Crippen molar-refractivity contribution in [2.45, 2.75) is 52.7 Å². The monoisotopic (exact) mass is 394 g/mol. The molecule has 2 N–H and O–H groups in total. The second-order valence-corrected chi connectivity index (χ2v) is 6.93. The zero-order chi connectivity index (χ0) is 20.5. The fraction of sp³-hybridized carbons (Fsp3) is 0.409. The molecule has 0 aliphatic heterocycles. The normalized spacial score (nSPS) is 12.7. The summed E-state index contributed by atoms with van der Waals surface area (Å²) in [5, 5.41) is 15.0. The molecule has 1 aromatic carbocycles. The number of furan rings is 1. The lowest BCUT2D eigenvalue weighted by Crippen LogP contribution is -2.40. The summed E-state index contributed by atoms with van der Waals surface area (Å²) >= 11 is 0. The Kier molecular flexibility index (Phi) is 7.44. The molecule has 7 heteroatoms. The Balaban J connectivity index is 1.64. The largest absolute Gasteiger partial charge is 0.467 e. The molecule has 1 unspecified atom stereocenters. The van der Waals surface area contributed by atoms with Crippen LogP contribution in [-0.2, 0) is 25.9 Å². The SMILES string of the molecule is CCc1ccc(C(C)NC(=NCc2ccco2)NCCn2cnnc2CC)cc1. The molecule has 0 fully saturated rings. The average Bonchev–Trinajstić information content (AvgIpc) is 3.43. The third-order valence-corrected chi connectivity index (χ3v) is 4.87. The van der Waals surface area contributed by atoms with Gasteiger partial charge in [0.1, 0.15) is 24.5 Å². The molecular formula is C22H30N6O. The van der Waals surface area contributed by atoms with E-state index in [4.69, 9.17) is 4.42 Å². The maximum Gasteiger partial charge on any atom is 0.192 e. The molecular weight excluding hydrogens is 364 g/mol. The number of hydrogen-bond donors (Lipinski definition) is 2. The van der Waals surface area contributed by atoms with E-state index in [0.717, 1.165) is 43.5 Å². The first kappa shape index (κ1) is 20.6. The molecule has 0 saturated heterocycles. The lowest BCUT2D eigenvalue weighted by molar-refractivity contribution is 0.511. The van der Waals surface area contributed by atoms with Crippen LogP contribution >= 0.6 is 0 Å². The Morgan fingerprint density at radius 2 is 2.00 bits per heavy atom. The highest BCUT2D eigenvalue weighted by Crippen LogP contribution is 2.14. The molecule has 0 spiro atoms. The minimum absolute atomic E-state index is 0.130. The van der Waals surface area contributed by atoms with Crippen LogP contribution < -0.4 is 10.6 Å². The number of rotatable bonds is 9. The van der Waals surface area contributed by atoms with E-state index in [2.05, 4.69) is 75.4 Å². The molecule has 29 heavy (non-hydrogen) atoms. The van der Waals surface area contributed by atoms with E-state index in [-0.39, 0.29) is 6.04 Å². The quantitative estimate of drug-likeness (QED) is 0.429. The molecule has 0 saturated carbocycles. The zero-order valence-corrected chi connectivity index (χ0v) is 17.4. The fourth-order valence-electron chi connectivity index (χ4n) is 3.08. The second kappa shape index (κ2) is 10.5. The predicted octanol–water partition coefficient (Wildman–Crippen LogP) is 3.49. The summed E-state index contributed by atoms with van der Waals surface area (Å²) in [6.45, 7) is 8.36. The van der Waals surface area contributed by atoms with Crippen LogP contribution in [-0.4, -0.2) is 27.3 Å². The minimum atomic E-state index is 0.130. The van der Waals surface area contributed by atoms with Gasteiger partial charge in [-0.15, -0.1) is 10.2 Å². The van der Waals surface area contributed by atoms with E-state index >= 15 is 0 Å². The van der Waals surface area contributed by atoms with Gasteiger partial charge in [-0.05, 0) is 36.6 Å². The number of aromatic nitrogens is 3. The highest BCUT2D eigenvalue weighted by molar-refractivity contribution is 5.80. The number of nitrogens with zero attached hydrogens (tertiary/aromatic N) is 4. The van der Waals surface area contributed by atoms with E-state index in [1.165, 1.54) is 11.1 Å². The van der Waals surface area contributed by atoms with Gasteiger partial charge in [0.25, 0.3) is 0 Å². The van der Waals surface area contributed by atoms with Crippen LogP contribution in [0, 0.1) is 0 Å². The number of aryl methyl sites for hydroxylation is 2. The Labute approximate surface area is 172 Å². The van der Waals surface area contributed by atoms with Crippen molar-refractivity contribution in [3.05, 3.63) is 71.7 Å². The molecule has 154 valence electrons. The Morgan fingerprint density at radius 1 is 1.17 bits per heavy atom. The summed E-state index contributed by atoms with van der Waals surface area (Å²) in [5.74, 6) is 2.57.